The number of fused-ring (bicyclic) bond motifs is 1. The zero-order valence-corrected chi connectivity index (χ0v) is 15.0. The van der Waals surface area contributed by atoms with Gasteiger partial charge in [-0.1, -0.05) is 46.9 Å². The predicted octanol–water partition coefficient (Wildman–Crippen LogP) is 6.50. The molecule has 0 unspecified atom stereocenters. The zero-order valence-electron chi connectivity index (χ0n) is 12.7. The number of halogens is 3. The molecule has 0 atom stereocenters. The van der Waals surface area contributed by atoms with Gasteiger partial charge in [0, 0.05) is 21.2 Å². The maximum atomic E-state index is 6.40. The summed E-state index contributed by atoms with van der Waals surface area (Å²) in [6.45, 7) is 0. The molecule has 1 radical (unpaired) electrons. The zero-order chi connectivity index (χ0) is 17.6. The average molecular weight is 389 g/mol. The van der Waals surface area contributed by atoms with E-state index < -0.39 is 0 Å². The lowest BCUT2D eigenvalue weighted by molar-refractivity contribution is 0.595. The summed E-state index contributed by atoms with van der Waals surface area (Å²) in [6.07, 6.45) is 2.63. The van der Waals surface area contributed by atoms with Gasteiger partial charge >= 0.3 is 0 Å². The van der Waals surface area contributed by atoms with Gasteiger partial charge in [-0.2, -0.15) is 0 Å². The molecule has 0 aliphatic heterocycles. The topological polar surface area (TPSA) is 52.0 Å². The number of pyridine rings is 1. The van der Waals surface area contributed by atoms with Crippen LogP contribution in [0, 0.1) is 6.26 Å². The van der Waals surface area contributed by atoms with E-state index in [0.29, 0.717) is 37.5 Å². The second-order valence-electron chi connectivity index (χ2n) is 5.49. The van der Waals surface area contributed by atoms with Crippen molar-refractivity contribution >= 4 is 51.6 Å². The van der Waals surface area contributed by atoms with Crippen LogP contribution in [0.4, 0.5) is 5.69 Å². The minimum Gasteiger partial charge on any atom is -0.432 e. The molecule has 0 fully saturated rings. The van der Waals surface area contributed by atoms with Gasteiger partial charge in [-0.3, -0.25) is 0 Å². The third kappa shape index (κ3) is 2.95. The van der Waals surface area contributed by atoms with E-state index in [4.69, 9.17) is 45.0 Å². The highest BCUT2D eigenvalue weighted by atomic mass is 35.5. The summed E-state index contributed by atoms with van der Waals surface area (Å²) in [5.41, 5.74) is 9.94. The van der Waals surface area contributed by atoms with Crippen LogP contribution in [0.25, 0.3) is 33.5 Å². The third-order valence-corrected chi connectivity index (χ3v) is 4.68. The summed E-state index contributed by atoms with van der Waals surface area (Å²) in [5.74, 6) is 0. The summed E-state index contributed by atoms with van der Waals surface area (Å²) in [5, 5.41) is 2.40. The van der Waals surface area contributed by atoms with E-state index in [1.165, 1.54) is 0 Å². The van der Waals surface area contributed by atoms with Gasteiger partial charge in [-0.25, -0.2) is 4.98 Å². The Morgan fingerprint density at radius 3 is 2.32 bits per heavy atom. The number of hydrogen-bond donors (Lipinski definition) is 1. The number of benzene rings is 2. The Hall–Kier alpha value is -2.20. The van der Waals surface area contributed by atoms with Crippen LogP contribution in [0.2, 0.25) is 15.1 Å². The molecule has 4 aromatic rings. The molecule has 3 nitrogen and oxygen atoms in total. The number of aromatic nitrogens is 1. The monoisotopic (exact) mass is 387 g/mol. The van der Waals surface area contributed by atoms with Gasteiger partial charge in [-0.05, 0) is 42.0 Å². The summed E-state index contributed by atoms with van der Waals surface area (Å²) >= 11 is 18.4. The minimum absolute atomic E-state index is 0.399. The molecule has 2 heterocycles. The molecule has 0 saturated heterocycles. The molecule has 25 heavy (non-hydrogen) atoms. The largest absolute Gasteiger partial charge is 0.432 e. The highest BCUT2D eigenvalue weighted by Crippen LogP contribution is 2.39. The lowest BCUT2D eigenvalue weighted by Crippen LogP contribution is -1.92. The van der Waals surface area contributed by atoms with Crippen LogP contribution >= 0.6 is 34.8 Å². The first-order valence-electron chi connectivity index (χ1n) is 7.35. The normalized spacial score (nSPS) is 11.2. The fraction of sp³-hybridized carbons (Fsp3) is 0. The Kier molecular flexibility index (Phi) is 4.08. The first kappa shape index (κ1) is 16.3. The van der Waals surface area contributed by atoms with Crippen molar-refractivity contribution in [1.29, 1.82) is 0 Å². The van der Waals surface area contributed by atoms with E-state index in [0.717, 1.165) is 16.7 Å². The Balaban J connectivity index is 2.04. The second kappa shape index (κ2) is 6.26. The van der Waals surface area contributed by atoms with Crippen LogP contribution in [0.1, 0.15) is 0 Å². The van der Waals surface area contributed by atoms with Crippen molar-refractivity contribution in [2.45, 2.75) is 0 Å². The molecule has 6 heteroatoms. The molecule has 0 saturated carbocycles. The number of nitrogens with zero attached hydrogens (tertiary/aromatic N) is 1. The van der Waals surface area contributed by atoms with E-state index in [1.807, 2.05) is 36.4 Å². The Morgan fingerprint density at radius 1 is 0.880 bits per heavy atom. The van der Waals surface area contributed by atoms with E-state index in [-0.39, 0.29) is 0 Å². The standard InChI is InChI=1S/C19H10Cl3N2O/c20-11-3-1-10(2-4-11)14-8-15-17(23)9-25-19(15)24-18(14)13-6-5-12(21)7-16(13)22/h1-8H,23H2. The van der Waals surface area contributed by atoms with Gasteiger partial charge in [0.2, 0.25) is 5.71 Å². The van der Waals surface area contributed by atoms with Gasteiger partial charge < -0.3 is 10.2 Å². The fourth-order valence-electron chi connectivity index (χ4n) is 2.66. The number of nitrogen functional groups attached to an aromatic ring is 1. The molecule has 0 bridgehead atoms. The van der Waals surface area contributed by atoms with Gasteiger partial charge in [-0.15, -0.1) is 0 Å². The number of nitrogens with two attached hydrogens (primary N) is 1. The maximum Gasteiger partial charge on any atom is 0.229 e. The molecule has 0 aliphatic carbocycles. The Labute approximate surface area is 158 Å². The van der Waals surface area contributed by atoms with Crippen LogP contribution in [0.3, 0.4) is 0 Å². The predicted molar refractivity (Wildman–Crippen MR) is 103 cm³/mol. The summed E-state index contributed by atoms with van der Waals surface area (Å²) in [7, 11) is 0. The summed E-state index contributed by atoms with van der Waals surface area (Å²) in [4.78, 5) is 4.62. The van der Waals surface area contributed by atoms with Crippen molar-refractivity contribution in [1.82, 2.24) is 4.98 Å². The third-order valence-electron chi connectivity index (χ3n) is 3.88. The van der Waals surface area contributed by atoms with Gasteiger partial charge in [0.05, 0.1) is 21.8 Å². The molecule has 2 aromatic heterocycles. The number of hydrogen-bond acceptors (Lipinski definition) is 3. The number of furan rings is 1. The smallest absolute Gasteiger partial charge is 0.229 e. The number of anilines is 1. The molecular weight excluding hydrogens is 379 g/mol. The van der Waals surface area contributed by atoms with Crippen molar-refractivity contribution < 1.29 is 4.42 Å². The second-order valence-corrected chi connectivity index (χ2v) is 6.77. The maximum absolute atomic E-state index is 6.40. The van der Waals surface area contributed by atoms with Crippen LogP contribution < -0.4 is 5.73 Å². The van der Waals surface area contributed by atoms with Crippen molar-refractivity contribution in [2.75, 3.05) is 5.73 Å². The first-order valence-corrected chi connectivity index (χ1v) is 8.48. The van der Waals surface area contributed by atoms with Gasteiger partial charge in [0.1, 0.15) is 0 Å². The Bertz CT molecular complexity index is 1090. The highest BCUT2D eigenvalue weighted by Gasteiger charge is 2.17. The van der Waals surface area contributed by atoms with Crippen LogP contribution in [-0.2, 0) is 0 Å². The lowest BCUT2D eigenvalue weighted by Gasteiger charge is -2.11. The summed E-state index contributed by atoms with van der Waals surface area (Å²) < 4.78 is 5.33. The lowest BCUT2D eigenvalue weighted by atomic mass is 9.98. The van der Waals surface area contributed by atoms with Gasteiger partial charge in [0.15, 0.2) is 6.26 Å². The SMILES string of the molecule is Nc1[c]oc2nc(-c3ccc(Cl)cc3Cl)c(-c3ccc(Cl)cc3)cc12. The van der Waals surface area contributed by atoms with E-state index in [1.54, 1.807) is 12.1 Å². The fourth-order valence-corrected chi connectivity index (χ4v) is 3.29. The van der Waals surface area contributed by atoms with Crippen molar-refractivity contribution in [2.24, 2.45) is 0 Å². The summed E-state index contributed by atoms with van der Waals surface area (Å²) in [6, 6.07) is 14.7. The van der Waals surface area contributed by atoms with Crippen LogP contribution in [0.15, 0.2) is 52.9 Å². The highest BCUT2D eigenvalue weighted by molar-refractivity contribution is 6.36. The van der Waals surface area contributed by atoms with Crippen LogP contribution in [0.5, 0.6) is 0 Å². The molecule has 0 amide bonds. The molecule has 2 N–H and O–H groups in total. The molecule has 0 spiro atoms. The first-order chi connectivity index (χ1) is 12.0. The van der Waals surface area contributed by atoms with Crippen molar-refractivity contribution in [3.8, 4) is 22.4 Å². The van der Waals surface area contributed by atoms with Crippen molar-refractivity contribution in [3.05, 3.63) is 69.9 Å². The van der Waals surface area contributed by atoms with Crippen molar-refractivity contribution in [3.63, 3.8) is 0 Å². The van der Waals surface area contributed by atoms with Crippen LogP contribution in [-0.4, -0.2) is 4.98 Å². The molecule has 123 valence electrons. The van der Waals surface area contributed by atoms with Gasteiger partial charge in [0.25, 0.3) is 0 Å². The average Bonchev–Trinajstić information content (AvgIpc) is 2.95. The van der Waals surface area contributed by atoms with E-state index in [2.05, 4.69) is 11.2 Å². The van der Waals surface area contributed by atoms with E-state index in [9.17, 15) is 0 Å². The molecule has 2 aromatic carbocycles. The molecule has 4 rings (SSSR count). The van der Waals surface area contributed by atoms with E-state index >= 15 is 0 Å². The number of rotatable bonds is 2. The molecule has 0 aliphatic rings. The Morgan fingerprint density at radius 2 is 1.60 bits per heavy atom. The minimum atomic E-state index is 0.399. The molecular formula is C19H10Cl3N2O. The quantitative estimate of drug-likeness (QED) is 0.426.